The zero-order chi connectivity index (χ0) is 10.5. The van der Waals surface area contributed by atoms with Crippen LogP contribution in [0.5, 0.6) is 0 Å². The van der Waals surface area contributed by atoms with Gasteiger partial charge in [0.25, 0.3) is 0 Å². The van der Waals surface area contributed by atoms with Crippen LogP contribution in [0, 0.1) is 0 Å². The van der Waals surface area contributed by atoms with Gasteiger partial charge in [-0.05, 0) is 32.8 Å². The van der Waals surface area contributed by atoms with Gasteiger partial charge in [0.2, 0.25) is 5.16 Å². The van der Waals surface area contributed by atoms with Crippen molar-refractivity contribution in [3.63, 3.8) is 0 Å². The number of rotatable bonds is 5. The van der Waals surface area contributed by atoms with Crippen molar-refractivity contribution in [1.82, 2.24) is 20.2 Å². The maximum atomic E-state index is 5.46. The molecule has 2 rings (SSSR count). The summed E-state index contributed by atoms with van der Waals surface area (Å²) >= 11 is 3.33. The van der Waals surface area contributed by atoms with Crippen LogP contribution in [0.15, 0.2) is 22.0 Å². The predicted octanol–water partition coefficient (Wildman–Crippen LogP) is 0.986. The molecule has 0 atom stereocenters. The Kier molecular flexibility index (Phi) is 3.70. The lowest BCUT2D eigenvalue weighted by Crippen LogP contribution is -2.12. The fourth-order valence-corrected chi connectivity index (χ4v) is 2.71. The van der Waals surface area contributed by atoms with E-state index in [0.717, 1.165) is 10.9 Å². The van der Waals surface area contributed by atoms with Crippen molar-refractivity contribution in [3.05, 3.63) is 22.4 Å². The molecule has 80 valence electrons. The number of nitrogens with two attached hydrogens (primary N) is 1. The summed E-state index contributed by atoms with van der Waals surface area (Å²) in [5.74, 6) is 0.897. The third-order valence-corrected chi connectivity index (χ3v) is 3.55. The van der Waals surface area contributed by atoms with Crippen LogP contribution < -0.4 is 5.73 Å². The van der Waals surface area contributed by atoms with Gasteiger partial charge in [-0.3, -0.25) is 0 Å². The molecule has 0 aliphatic heterocycles. The highest BCUT2D eigenvalue weighted by Crippen LogP contribution is 2.20. The first-order valence-electron chi connectivity index (χ1n) is 4.50. The van der Waals surface area contributed by atoms with Crippen molar-refractivity contribution in [1.29, 1.82) is 0 Å². The highest BCUT2D eigenvalue weighted by Gasteiger charge is 2.05. The van der Waals surface area contributed by atoms with E-state index in [-0.39, 0.29) is 0 Å². The minimum Gasteiger partial charge on any atom is -0.329 e. The molecule has 5 nitrogen and oxygen atoms in total. The molecular weight excluding hydrogens is 230 g/mol. The summed E-state index contributed by atoms with van der Waals surface area (Å²) in [6, 6.07) is 2.11. The molecule has 0 saturated heterocycles. The lowest BCUT2D eigenvalue weighted by molar-refractivity contribution is 0.557. The van der Waals surface area contributed by atoms with Crippen LogP contribution in [0.2, 0.25) is 0 Å². The second-order valence-corrected chi connectivity index (χ2v) is 4.62. The average Bonchev–Trinajstić information content (AvgIpc) is 2.85. The molecule has 0 amide bonds. The zero-order valence-electron chi connectivity index (χ0n) is 8.04. The van der Waals surface area contributed by atoms with Crippen molar-refractivity contribution < 1.29 is 0 Å². The van der Waals surface area contributed by atoms with Crippen LogP contribution in [0.1, 0.15) is 5.56 Å². The summed E-state index contributed by atoms with van der Waals surface area (Å²) in [6.45, 7) is 1.22. The molecule has 2 aromatic heterocycles. The van der Waals surface area contributed by atoms with E-state index in [1.807, 2.05) is 0 Å². The number of tetrazole rings is 1. The van der Waals surface area contributed by atoms with Crippen LogP contribution in [0.4, 0.5) is 0 Å². The minimum atomic E-state index is 0.553. The van der Waals surface area contributed by atoms with E-state index >= 15 is 0 Å². The molecule has 0 aromatic carbocycles. The number of hydrogen-bond acceptors (Lipinski definition) is 6. The molecule has 0 spiro atoms. The van der Waals surface area contributed by atoms with Gasteiger partial charge in [-0.1, -0.05) is 11.8 Å². The molecule has 2 heterocycles. The molecule has 0 aliphatic carbocycles. The van der Waals surface area contributed by atoms with Crippen molar-refractivity contribution in [3.8, 4) is 0 Å². The lowest BCUT2D eigenvalue weighted by atomic mass is 10.4. The normalized spacial score (nSPS) is 10.7. The molecule has 2 N–H and O–H groups in total. The summed E-state index contributed by atoms with van der Waals surface area (Å²) in [7, 11) is 0. The Hall–Kier alpha value is -0.920. The first-order valence-corrected chi connectivity index (χ1v) is 6.43. The SMILES string of the molecule is NCCn1nnnc1SCc1ccsc1. The molecule has 0 fully saturated rings. The molecule has 0 saturated carbocycles. The monoisotopic (exact) mass is 241 g/mol. The lowest BCUT2D eigenvalue weighted by Gasteiger charge is -2.00. The maximum absolute atomic E-state index is 5.46. The summed E-state index contributed by atoms with van der Waals surface area (Å²) in [6.07, 6.45) is 0. The predicted molar refractivity (Wildman–Crippen MR) is 60.8 cm³/mol. The summed E-state index contributed by atoms with van der Waals surface area (Å²) in [5.41, 5.74) is 6.75. The van der Waals surface area contributed by atoms with Gasteiger partial charge in [0.15, 0.2) is 0 Å². The van der Waals surface area contributed by atoms with Crippen LogP contribution in [0.25, 0.3) is 0 Å². The van der Waals surface area contributed by atoms with Gasteiger partial charge in [-0.25, -0.2) is 4.68 Å². The van der Waals surface area contributed by atoms with Crippen molar-refractivity contribution in [2.24, 2.45) is 5.73 Å². The van der Waals surface area contributed by atoms with Gasteiger partial charge in [0.05, 0.1) is 6.54 Å². The topological polar surface area (TPSA) is 69.6 Å². The van der Waals surface area contributed by atoms with Gasteiger partial charge in [0.1, 0.15) is 0 Å². The molecule has 0 aliphatic rings. The number of thioether (sulfide) groups is 1. The van der Waals surface area contributed by atoms with Crippen molar-refractivity contribution in [2.75, 3.05) is 6.54 Å². The second-order valence-electron chi connectivity index (χ2n) is 2.89. The van der Waals surface area contributed by atoms with Crippen LogP contribution in [-0.4, -0.2) is 26.8 Å². The average molecular weight is 241 g/mol. The Morgan fingerprint density at radius 1 is 1.53 bits per heavy atom. The quantitative estimate of drug-likeness (QED) is 0.790. The van der Waals surface area contributed by atoms with E-state index in [0.29, 0.717) is 13.1 Å². The molecule has 0 unspecified atom stereocenters. The van der Waals surface area contributed by atoms with E-state index in [4.69, 9.17) is 5.73 Å². The second kappa shape index (κ2) is 5.24. The van der Waals surface area contributed by atoms with E-state index in [2.05, 4.69) is 32.4 Å². The summed E-state index contributed by atoms with van der Waals surface area (Å²) in [5, 5.41) is 16.5. The third-order valence-electron chi connectivity index (χ3n) is 1.79. The number of nitrogens with zero attached hydrogens (tertiary/aromatic N) is 4. The maximum Gasteiger partial charge on any atom is 0.209 e. The highest BCUT2D eigenvalue weighted by molar-refractivity contribution is 7.98. The molecular formula is C8H11N5S2. The molecule has 15 heavy (non-hydrogen) atoms. The van der Waals surface area contributed by atoms with Crippen LogP contribution in [-0.2, 0) is 12.3 Å². The van der Waals surface area contributed by atoms with Crippen LogP contribution in [0.3, 0.4) is 0 Å². The Morgan fingerprint density at radius 2 is 2.47 bits per heavy atom. The highest BCUT2D eigenvalue weighted by atomic mass is 32.2. The molecule has 0 bridgehead atoms. The Morgan fingerprint density at radius 3 is 3.20 bits per heavy atom. The Bertz CT molecular complexity index is 397. The van der Waals surface area contributed by atoms with Gasteiger partial charge in [0, 0.05) is 12.3 Å². The van der Waals surface area contributed by atoms with E-state index in [9.17, 15) is 0 Å². The fraction of sp³-hybridized carbons (Fsp3) is 0.375. The molecule has 0 radical (unpaired) electrons. The Labute approximate surface area is 95.7 Å². The molecule has 7 heteroatoms. The largest absolute Gasteiger partial charge is 0.329 e. The summed E-state index contributed by atoms with van der Waals surface area (Å²) in [4.78, 5) is 0. The Balaban J connectivity index is 1.95. The van der Waals surface area contributed by atoms with Gasteiger partial charge < -0.3 is 5.73 Å². The minimum absolute atomic E-state index is 0.553. The smallest absolute Gasteiger partial charge is 0.209 e. The summed E-state index contributed by atoms with van der Waals surface area (Å²) < 4.78 is 1.73. The van der Waals surface area contributed by atoms with E-state index in [1.54, 1.807) is 27.8 Å². The van der Waals surface area contributed by atoms with Gasteiger partial charge in [-0.2, -0.15) is 11.3 Å². The number of aromatic nitrogens is 4. The van der Waals surface area contributed by atoms with E-state index < -0.39 is 0 Å². The molecule has 2 aromatic rings. The number of hydrogen-bond donors (Lipinski definition) is 1. The zero-order valence-corrected chi connectivity index (χ0v) is 9.67. The van der Waals surface area contributed by atoms with E-state index in [1.165, 1.54) is 5.56 Å². The van der Waals surface area contributed by atoms with Crippen molar-refractivity contribution >= 4 is 23.1 Å². The van der Waals surface area contributed by atoms with Gasteiger partial charge >= 0.3 is 0 Å². The first-order chi connectivity index (χ1) is 7.40. The standard InChI is InChI=1S/C8H11N5S2/c9-2-3-13-8(10-11-12-13)15-6-7-1-4-14-5-7/h1,4-5H,2-3,6,9H2. The van der Waals surface area contributed by atoms with Crippen LogP contribution >= 0.6 is 23.1 Å². The first kappa shape index (κ1) is 10.6. The third kappa shape index (κ3) is 2.77. The number of thiophene rings is 1. The van der Waals surface area contributed by atoms with Crippen molar-refractivity contribution in [2.45, 2.75) is 17.5 Å². The fourth-order valence-electron chi connectivity index (χ4n) is 1.09. The van der Waals surface area contributed by atoms with Gasteiger partial charge in [-0.15, -0.1) is 5.10 Å².